The molecule has 0 aromatic carbocycles. The highest BCUT2D eigenvalue weighted by molar-refractivity contribution is 7.99. The second-order valence-corrected chi connectivity index (χ2v) is 5.73. The van der Waals surface area contributed by atoms with Crippen molar-refractivity contribution in [3.8, 4) is 0 Å². The number of rotatable bonds is 6. The minimum Gasteiger partial charge on any atom is -0.355 e. The molecule has 0 saturated carbocycles. The summed E-state index contributed by atoms with van der Waals surface area (Å²) >= 11 is 1.73. The zero-order valence-corrected chi connectivity index (χ0v) is 11.3. The first kappa shape index (κ1) is 13.8. The van der Waals surface area contributed by atoms with Crippen molar-refractivity contribution in [1.82, 2.24) is 10.2 Å². The third-order valence-electron chi connectivity index (χ3n) is 2.89. The number of hydrogen-bond donors (Lipinski definition) is 1. The average Bonchev–Trinajstić information content (AvgIpc) is 2.27. The van der Waals surface area contributed by atoms with Crippen LogP contribution in [0.25, 0.3) is 0 Å². The summed E-state index contributed by atoms with van der Waals surface area (Å²) in [7, 11) is 2.16. The lowest BCUT2D eigenvalue weighted by Crippen LogP contribution is -2.39. The maximum atomic E-state index is 11.5. The van der Waals surface area contributed by atoms with Crippen molar-refractivity contribution in [2.24, 2.45) is 5.92 Å². The Kier molecular flexibility index (Phi) is 6.88. The van der Waals surface area contributed by atoms with Gasteiger partial charge in [-0.05, 0) is 44.5 Å². The van der Waals surface area contributed by atoms with E-state index < -0.39 is 0 Å². The highest BCUT2D eigenvalue weighted by atomic mass is 32.2. The molecule has 0 aromatic rings. The Labute approximate surface area is 103 Å². The second kappa shape index (κ2) is 7.96. The molecule has 0 unspecified atom stereocenters. The lowest BCUT2D eigenvalue weighted by molar-refractivity contribution is -0.118. The van der Waals surface area contributed by atoms with Gasteiger partial charge in [-0.3, -0.25) is 4.79 Å². The molecule has 1 atom stereocenters. The number of nitrogens with zero attached hydrogens (tertiary/aromatic N) is 1. The van der Waals surface area contributed by atoms with Gasteiger partial charge in [0.1, 0.15) is 0 Å². The number of carbonyl (C=O) groups excluding carboxylic acids is 1. The predicted molar refractivity (Wildman–Crippen MR) is 70.8 cm³/mol. The number of hydrogen-bond acceptors (Lipinski definition) is 3. The minimum absolute atomic E-state index is 0.201. The first-order valence-corrected chi connectivity index (χ1v) is 7.40. The van der Waals surface area contributed by atoms with Gasteiger partial charge in [-0.25, -0.2) is 0 Å². The standard InChI is InChI=1S/C12H24N2OS/c1-3-7-16-10-12(15)13-8-11-5-4-6-14(2)9-11/h11H,3-10H2,1-2H3,(H,13,15)/t11-/m0/s1. The van der Waals surface area contributed by atoms with Gasteiger partial charge in [0.25, 0.3) is 0 Å². The molecule has 1 amide bonds. The smallest absolute Gasteiger partial charge is 0.230 e. The fourth-order valence-electron chi connectivity index (χ4n) is 2.06. The third kappa shape index (κ3) is 5.75. The molecule has 1 aliphatic rings. The lowest BCUT2D eigenvalue weighted by atomic mass is 9.98. The number of carbonyl (C=O) groups is 1. The Balaban J connectivity index is 2.06. The summed E-state index contributed by atoms with van der Waals surface area (Å²) in [6.45, 7) is 5.33. The van der Waals surface area contributed by atoms with Crippen molar-refractivity contribution in [3.63, 3.8) is 0 Å². The van der Waals surface area contributed by atoms with Crippen molar-refractivity contribution in [2.45, 2.75) is 26.2 Å². The van der Waals surface area contributed by atoms with E-state index in [1.807, 2.05) is 0 Å². The molecule has 3 nitrogen and oxygen atoms in total. The van der Waals surface area contributed by atoms with Crippen LogP contribution < -0.4 is 5.32 Å². The highest BCUT2D eigenvalue weighted by Crippen LogP contribution is 2.13. The third-order valence-corrected chi connectivity index (χ3v) is 4.05. The van der Waals surface area contributed by atoms with Gasteiger partial charge in [0, 0.05) is 13.1 Å². The Bertz CT molecular complexity index is 211. The molecular formula is C12H24N2OS. The van der Waals surface area contributed by atoms with Crippen molar-refractivity contribution in [2.75, 3.05) is 38.2 Å². The summed E-state index contributed by atoms with van der Waals surface area (Å²) in [6, 6.07) is 0. The van der Waals surface area contributed by atoms with E-state index in [4.69, 9.17) is 0 Å². The molecule has 0 radical (unpaired) electrons. The van der Waals surface area contributed by atoms with Crippen molar-refractivity contribution in [3.05, 3.63) is 0 Å². The highest BCUT2D eigenvalue weighted by Gasteiger charge is 2.17. The zero-order valence-electron chi connectivity index (χ0n) is 10.5. The number of thioether (sulfide) groups is 1. The number of amides is 1. The van der Waals surface area contributed by atoms with E-state index >= 15 is 0 Å². The summed E-state index contributed by atoms with van der Waals surface area (Å²) < 4.78 is 0. The van der Waals surface area contributed by atoms with Crippen LogP contribution in [0.2, 0.25) is 0 Å². The SMILES string of the molecule is CCCSCC(=O)NC[C@@H]1CCCN(C)C1. The van der Waals surface area contributed by atoms with E-state index in [9.17, 15) is 4.79 Å². The summed E-state index contributed by atoms with van der Waals surface area (Å²) in [4.78, 5) is 13.8. The molecular weight excluding hydrogens is 220 g/mol. The molecule has 0 aromatic heterocycles. The molecule has 4 heteroatoms. The lowest BCUT2D eigenvalue weighted by Gasteiger charge is -2.29. The van der Waals surface area contributed by atoms with Crippen LogP contribution in [0, 0.1) is 5.92 Å². The van der Waals surface area contributed by atoms with Crippen LogP contribution in [-0.2, 0) is 4.79 Å². The van der Waals surface area contributed by atoms with Gasteiger partial charge in [-0.15, -0.1) is 0 Å². The van der Waals surface area contributed by atoms with Crippen LogP contribution >= 0.6 is 11.8 Å². The van der Waals surface area contributed by atoms with E-state index in [0.717, 1.165) is 25.3 Å². The van der Waals surface area contributed by atoms with Crippen LogP contribution in [0.1, 0.15) is 26.2 Å². The Morgan fingerprint density at radius 3 is 3.06 bits per heavy atom. The van der Waals surface area contributed by atoms with Crippen LogP contribution in [0.3, 0.4) is 0 Å². The topological polar surface area (TPSA) is 32.3 Å². The van der Waals surface area contributed by atoms with Crippen LogP contribution in [0.4, 0.5) is 0 Å². The molecule has 1 rings (SSSR count). The van der Waals surface area contributed by atoms with E-state index in [0.29, 0.717) is 11.7 Å². The van der Waals surface area contributed by atoms with Crippen LogP contribution in [-0.4, -0.2) is 49.0 Å². The maximum absolute atomic E-state index is 11.5. The molecule has 0 aliphatic carbocycles. The summed E-state index contributed by atoms with van der Waals surface area (Å²) in [5, 5.41) is 3.05. The molecule has 94 valence electrons. The molecule has 16 heavy (non-hydrogen) atoms. The largest absolute Gasteiger partial charge is 0.355 e. The van der Waals surface area contributed by atoms with Crippen LogP contribution in [0.5, 0.6) is 0 Å². The summed E-state index contributed by atoms with van der Waals surface area (Å²) in [5.41, 5.74) is 0. The fourth-order valence-corrected chi connectivity index (χ4v) is 2.78. The molecule has 1 heterocycles. The number of nitrogens with one attached hydrogen (secondary N) is 1. The van der Waals surface area contributed by atoms with Crippen molar-refractivity contribution < 1.29 is 4.79 Å². The summed E-state index contributed by atoms with van der Waals surface area (Å²) in [5.74, 6) is 2.56. The average molecular weight is 244 g/mol. The van der Waals surface area contributed by atoms with Gasteiger partial charge in [-0.1, -0.05) is 6.92 Å². The van der Waals surface area contributed by atoms with Crippen LogP contribution in [0.15, 0.2) is 0 Å². The molecule has 1 saturated heterocycles. The molecule has 0 bridgehead atoms. The monoisotopic (exact) mass is 244 g/mol. The number of piperidine rings is 1. The first-order valence-electron chi connectivity index (χ1n) is 6.25. The minimum atomic E-state index is 0.201. The van der Waals surface area contributed by atoms with Gasteiger partial charge in [0.05, 0.1) is 5.75 Å². The second-order valence-electron chi connectivity index (χ2n) is 4.63. The molecule has 1 aliphatic heterocycles. The Morgan fingerprint density at radius 1 is 1.56 bits per heavy atom. The van der Waals surface area contributed by atoms with E-state index in [1.54, 1.807) is 11.8 Å². The molecule has 1 N–H and O–H groups in total. The normalized spacial score (nSPS) is 22.0. The van der Waals surface area contributed by atoms with Gasteiger partial charge in [-0.2, -0.15) is 11.8 Å². The van der Waals surface area contributed by atoms with Crippen molar-refractivity contribution in [1.29, 1.82) is 0 Å². The Morgan fingerprint density at radius 2 is 2.38 bits per heavy atom. The van der Waals surface area contributed by atoms with E-state index in [-0.39, 0.29) is 5.91 Å². The number of likely N-dealkylation sites (tertiary alicyclic amines) is 1. The Hall–Kier alpha value is -0.220. The van der Waals surface area contributed by atoms with E-state index in [1.165, 1.54) is 19.4 Å². The quantitative estimate of drug-likeness (QED) is 0.720. The predicted octanol–water partition coefficient (Wildman–Crippen LogP) is 1.59. The van der Waals surface area contributed by atoms with Gasteiger partial charge in [0.15, 0.2) is 0 Å². The van der Waals surface area contributed by atoms with Gasteiger partial charge in [0.2, 0.25) is 5.91 Å². The zero-order chi connectivity index (χ0) is 11.8. The van der Waals surface area contributed by atoms with Gasteiger partial charge >= 0.3 is 0 Å². The van der Waals surface area contributed by atoms with E-state index in [2.05, 4.69) is 24.2 Å². The maximum Gasteiger partial charge on any atom is 0.230 e. The molecule has 0 spiro atoms. The fraction of sp³-hybridized carbons (Fsp3) is 0.917. The van der Waals surface area contributed by atoms with Gasteiger partial charge < -0.3 is 10.2 Å². The first-order chi connectivity index (χ1) is 7.72. The molecule has 1 fully saturated rings. The summed E-state index contributed by atoms with van der Waals surface area (Å²) in [6.07, 6.45) is 3.67. The van der Waals surface area contributed by atoms with Crippen molar-refractivity contribution >= 4 is 17.7 Å².